The second-order valence-electron chi connectivity index (χ2n) is 2.33. The Morgan fingerprint density at radius 1 is 1.58 bits per heavy atom. The molecule has 0 atom stereocenters. The highest BCUT2D eigenvalue weighted by Crippen LogP contribution is 2.28. The Labute approximate surface area is 82.3 Å². The largest absolute Gasteiger partial charge is 0.396 e. The number of nitrogens with zero attached hydrogens (tertiary/aromatic N) is 1. The molecule has 1 rings (SSSR count). The van der Waals surface area contributed by atoms with Crippen molar-refractivity contribution < 1.29 is 8.78 Å². The predicted molar refractivity (Wildman–Crippen MR) is 51.1 cm³/mol. The smallest absolute Gasteiger partial charge is 0.266 e. The maximum Gasteiger partial charge on any atom is 0.266 e. The summed E-state index contributed by atoms with van der Waals surface area (Å²) in [6.07, 6.45) is -1.34. The number of halogens is 3. The molecule has 12 heavy (non-hydrogen) atoms. The normalized spacial score (nSPS) is 10.8. The summed E-state index contributed by atoms with van der Waals surface area (Å²) in [6, 6.07) is 0. The number of aromatic nitrogens is 1. The lowest BCUT2D eigenvalue weighted by Gasteiger charge is -2.06. The van der Waals surface area contributed by atoms with Crippen LogP contribution in [-0.4, -0.2) is 4.98 Å². The van der Waals surface area contributed by atoms with E-state index in [1.54, 1.807) is 29.5 Å². The molecular formula is C7H7F2IN2. The molecule has 66 valence electrons. The van der Waals surface area contributed by atoms with Crippen LogP contribution in [0.5, 0.6) is 0 Å². The molecule has 0 radical (unpaired) electrons. The van der Waals surface area contributed by atoms with Gasteiger partial charge in [-0.2, -0.15) is 0 Å². The van der Waals surface area contributed by atoms with Gasteiger partial charge in [-0.15, -0.1) is 0 Å². The molecule has 0 bridgehead atoms. The van der Waals surface area contributed by atoms with Crippen LogP contribution in [-0.2, 0) is 0 Å². The lowest BCUT2D eigenvalue weighted by atomic mass is 10.2. The standard InChI is InChI=1S/C7H7F2IN2/c1-3-6(11)5(10)4(2-12-3)7(8)9/h2,7H,11H2,1H3. The Morgan fingerprint density at radius 3 is 2.67 bits per heavy atom. The van der Waals surface area contributed by atoms with Crippen molar-refractivity contribution in [3.8, 4) is 0 Å². The lowest BCUT2D eigenvalue weighted by Crippen LogP contribution is -2.01. The quantitative estimate of drug-likeness (QED) is 0.805. The summed E-state index contributed by atoms with van der Waals surface area (Å²) in [6.45, 7) is 1.69. The highest BCUT2D eigenvalue weighted by atomic mass is 127. The van der Waals surface area contributed by atoms with E-state index in [0.29, 0.717) is 15.0 Å². The van der Waals surface area contributed by atoms with E-state index in [2.05, 4.69) is 4.98 Å². The van der Waals surface area contributed by atoms with Crippen molar-refractivity contribution in [2.75, 3.05) is 5.73 Å². The Bertz CT molecular complexity index is 302. The Morgan fingerprint density at radius 2 is 2.17 bits per heavy atom. The molecule has 0 saturated heterocycles. The third-order valence-corrected chi connectivity index (χ3v) is 2.72. The summed E-state index contributed by atoms with van der Waals surface area (Å²) in [4.78, 5) is 3.75. The van der Waals surface area contributed by atoms with Crippen LogP contribution in [0, 0.1) is 10.5 Å². The van der Waals surface area contributed by atoms with Gasteiger partial charge in [-0.05, 0) is 29.5 Å². The first-order valence-electron chi connectivity index (χ1n) is 3.22. The molecule has 5 heteroatoms. The third kappa shape index (κ3) is 1.65. The summed E-state index contributed by atoms with van der Waals surface area (Å²) < 4.78 is 24.9. The van der Waals surface area contributed by atoms with Gasteiger partial charge in [0.2, 0.25) is 0 Å². The van der Waals surface area contributed by atoms with Crippen molar-refractivity contribution >= 4 is 28.3 Å². The van der Waals surface area contributed by atoms with Gasteiger partial charge in [0.1, 0.15) is 0 Å². The fraction of sp³-hybridized carbons (Fsp3) is 0.286. The van der Waals surface area contributed by atoms with E-state index in [-0.39, 0.29) is 5.56 Å². The fourth-order valence-electron chi connectivity index (χ4n) is 0.759. The molecule has 2 nitrogen and oxygen atoms in total. The number of nitrogens with two attached hydrogens (primary N) is 1. The molecule has 0 spiro atoms. The van der Waals surface area contributed by atoms with E-state index in [1.807, 2.05) is 0 Å². The fourth-order valence-corrected chi connectivity index (χ4v) is 1.52. The van der Waals surface area contributed by atoms with Crippen LogP contribution in [0.2, 0.25) is 0 Å². The molecule has 0 aliphatic heterocycles. The van der Waals surface area contributed by atoms with Crippen LogP contribution in [0.4, 0.5) is 14.5 Å². The van der Waals surface area contributed by atoms with E-state index in [0.717, 1.165) is 6.20 Å². The average Bonchev–Trinajstić information content (AvgIpc) is 2.00. The maximum absolute atomic E-state index is 12.2. The minimum absolute atomic E-state index is 0.0984. The van der Waals surface area contributed by atoms with Crippen molar-refractivity contribution in [2.24, 2.45) is 0 Å². The number of rotatable bonds is 1. The maximum atomic E-state index is 12.2. The predicted octanol–water partition coefficient (Wildman–Crippen LogP) is 2.51. The van der Waals surface area contributed by atoms with Gasteiger partial charge in [-0.1, -0.05) is 0 Å². The Hall–Kier alpha value is -0.460. The monoisotopic (exact) mass is 284 g/mol. The van der Waals surface area contributed by atoms with E-state index < -0.39 is 6.43 Å². The van der Waals surface area contributed by atoms with Crippen molar-refractivity contribution in [3.05, 3.63) is 21.0 Å². The van der Waals surface area contributed by atoms with Gasteiger partial charge < -0.3 is 5.73 Å². The van der Waals surface area contributed by atoms with Crippen LogP contribution in [0.1, 0.15) is 17.7 Å². The molecular weight excluding hydrogens is 277 g/mol. The van der Waals surface area contributed by atoms with E-state index >= 15 is 0 Å². The van der Waals surface area contributed by atoms with Gasteiger partial charge in [0.05, 0.1) is 16.9 Å². The summed E-state index contributed by atoms with van der Waals surface area (Å²) in [5.41, 5.74) is 6.35. The van der Waals surface area contributed by atoms with Gasteiger partial charge in [-0.25, -0.2) is 8.78 Å². The van der Waals surface area contributed by atoms with Crippen LogP contribution in [0.15, 0.2) is 6.20 Å². The first-order chi connectivity index (χ1) is 5.54. The number of hydrogen-bond donors (Lipinski definition) is 1. The molecule has 2 N–H and O–H groups in total. The molecule has 0 aromatic carbocycles. The highest BCUT2D eigenvalue weighted by molar-refractivity contribution is 14.1. The second-order valence-corrected chi connectivity index (χ2v) is 3.41. The average molecular weight is 284 g/mol. The SMILES string of the molecule is Cc1ncc(C(F)F)c(I)c1N. The zero-order valence-electron chi connectivity index (χ0n) is 6.31. The first kappa shape index (κ1) is 9.63. The number of aryl methyl sites for hydroxylation is 1. The van der Waals surface area contributed by atoms with Gasteiger partial charge in [0.25, 0.3) is 6.43 Å². The molecule has 0 aliphatic rings. The number of pyridine rings is 1. The molecule has 1 heterocycles. The summed E-state index contributed by atoms with van der Waals surface area (Å²) in [5.74, 6) is 0. The van der Waals surface area contributed by atoms with Gasteiger partial charge in [-0.3, -0.25) is 4.98 Å². The van der Waals surface area contributed by atoms with E-state index in [1.165, 1.54) is 0 Å². The number of hydrogen-bond acceptors (Lipinski definition) is 2. The van der Waals surface area contributed by atoms with Crippen molar-refractivity contribution in [1.29, 1.82) is 0 Å². The molecule has 0 aliphatic carbocycles. The highest BCUT2D eigenvalue weighted by Gasteiger charge is 2.14. The van der Waals surface area contributed by atoms with Crippen LogP contribution < -0.4 is 5.73 Å². The number of anilines is 1. The Kier molecular flexibility index (Phi) is 2.81. The van der Waals surface area contributed by atoms with Crippen molar-refractivity contribution in [1.82, 2.24) is 4.98 Å². The molecule has 0 unspecified atom stereocenters. The number of nitrogen functional groups attached to an aromatic ring is 1. The van der Waals surface area contributed by atoms with Crippen molar-refractivity contribution in [3.63, 3.8) is 0 Å². The molecule has 1 aromatic rings. The van der Waals surface area contributed by atoms with Crippen LogP contribution in [0.3, 0.4) is 0 Å². The summed E-state index contributed by atoms with van der Waals surface area (Å²) in [7, 11) is 0. The Balaban J connectivity index is 3.27. The van der Waals surface area contributed by atoms with Crippen LogP contribution >= 0.6 is 22.6 Å². The van der Waals surface area contributed by atoms with Crippen molar-refractivity contribution in [2.45, 2.75) is 13.3 Å². The minimum atomic E-state index is -2.51. The van der Waals surface area contributed by atoms with Gasteiger partial charge in [0.15, 0.2) is 0 Å². The van der Waals surface area contributed by atoms with Gasteiger partial charge in [0, 0.05) is 9.77 Å². The number of alkyl halides is 2. The molecule has 1 aromatic heterocycles. The molecule has 0 amide bonds. The van der Waals surface area contributed by atoms with Crippen LogP contribution in [0.25, 0.3) is 0 Å². The lowest BCUT2D eigenvalue weighted by molar-refractivity contribution is 0.150. The summed E-state index contributed by atoms with van der Waals surface area (Å²) in [5, 5.41) is 0. The topological polar surface area (TPSA) is 38.9 Å². The molecule has 0 fully saturated rings. The van der Waals surface area contributed by atoms with E-state index in [9.17, 15) is 8.78 Å². The third-order valence-electron chi connectivity index (χ3n) is 1.51. The zero-order valence-corrected chi connectivity index (χ0v) is 8.47. The zero-order chi connectivity index (χ0) is 9.30. The minimum Gasteiger partial charge on any atom is -0.396 e. The molecule has 0 saturated carbocycles. The van der Waals surface area contributed by atoms with E-state index in [4.69, 9.17) is 5.73 Å². The van der Waals surface area contributed by atoms with Gasteiger partial charge >= 0.3 is 0 Å². The first-order valence-corrected chi connectivity index (χ1v) is 4.30. The summed E-state index contributed by atoms with van der Waals surface area (Å²) >= 11 is 1.80. The second kappa shape index (κ2) is 3.51.